The monoisotopic (exact) mass is 214 g/mol. The second-order valence-corrected chi connectivity index (χ2v) is 4.04. The average Bonchev–Trinajstić information content (AvgIpc) is 3.03. The Labute approximate surface area is 94.4 Å². The molecule has 0 spiro atoms. The highest BCUT2D eigenvalue weighted by Gasteiger charge is 2.17. The lowest BCUT2D eigenvalue weighted by Crippen LogP contribution is -2.14. The summed E-state index contributed by atoms with van der Waals surface area (Å²) in [6.07, 6.45) is 7.87. The summed E-state index contributed by atoms with van der Waals surface area (Å²) in [4.78, 5) is 8.69. The van der Waals surface area contributed by atoms with Gasteiger partial charge in [-0.2, -0.15) is 0 Å². The molecule has 0 aliphatic carbocycles. The zero-order chi connectivity index (χ0) is 10.8. The quantitative estimate of drug-likeness (QED) is 0.827. The molecule has 1 atom stereocenters. The van der Waals surface area contributed by atoms with Crippen LogP contribution in [-0.4, -0.2) is 21.1 Å². The number of nitrogens with one attached hydrogen (secondary N) is 1. The van der Waals surface area contributed by atoms with Gasteiger partial charge in [-0.15, -0.1) is 0 Å². The van der Waals surface area contributed by atoms with Crippen molar-refractivity contribution < 1.29 is 0 Å². The van der Waals surface area contributed by atoms with E-state index in [1.54, 1.807) is 12.5 Å². The molecule has 0 amide bonds. The van der Waals surface area contributed by atoms with Gasteiger partial charge >= 0.3 is 0 Å². The summed E-state index contributed by atoms with van der Waals surface area (Å²) < 4.78 is 1.93. The highest BCUT2D eigenvalue weighted by molar-refractivity contribution is 5.26. The summed E-state index contributed by atoms with van der Waals surface area (Å²) in [5.74, 6) is 0.934. The fourth-order valence-electron chi connectivity index (χ4n) is 2.11. The van der Waals surface area contributed by atoms with E-state index in [0.29, 0.717) is 6.04 Å². The van der Waals surface area contributed by atoms with Gasteiger partial charge in [0.05, 0.1) is 5.69 Å². The second-order valence-electron chi connectivity index (χ2n) is 4.04. The number of nitrogens with zero attached hydrogens (tertiary/aromatic N) is 3. The number of hydrogen-bond donors (Lipinski definition) is 1. The number of pyridine rings is 1. The molecule has 2 aromatic heterocycles. The zero-order valence-corrected chi connectivity index (χ0v) is 9.00. The van der Waals surface area contributed by atoms with E-state index < -0.39 is 0 Å². The topological polar surface area (TPSA) is 42.7 Å². The first kappa shape index (κ1) is 9.54. The minimum Gasteiger partial charge on any atom is -0.309 e. The van der Waals surface area contributed by atoms with Crippen LogP contribution in [0.5, 0.6) is 0 Å². The molecule has 1 N–H and O–H groups in total. The molecule has 82 valence electrons. The number of rotatable bonds is 2. The first-order valence-corrected chi connectivity index (χ1v) is 5.62. The zero-order valence-electron chi connectivity index (χ0n) is 9.00. The lowest BCUT2D eigenvalue weighted by Gasteiger charge is -2.10. The Balaban J connectivity index is 1.93. The Hall–Kier alpha value is -1.68. The first-order chi connectivity index (χ1) is 7.93. The SMILES string of the molecule is c1cc([C@@H]2CCCN2)nc(-n2ccnc2)c1. The third-order valence-electron chi connectivity index (χ3n) is 2.94. The smallest absolute Gasteiger partial charge is 0.138 e. The molecule has 3 rings (SSSR count). The predicted molar refractivity (Wildman–Crippen MR) is 61.3 cm³/mol. The van der Waals surface area contributed by atoms with Crippen molar-refractivity contribution in [3.8, 4) is 5.82 Å². The van der Waals surface area contributed by atoms with E-state index in [9.17, 15) is 0 Å². The van der Waals surface area contributed by atoms with Crippen LogP contribution in [0.1, 0.15) is 24.6 Å². The van der Waals surface area contributed by atoms with E-state index in [0.717, 1.165) is 18.1 Å². The minimum absolute atomic E-state index is 0.420. The molecule has 1 aliphatic rings. The van der Waals surface area contributed by atoms with Crippen molar-refractivity contribution in [3.05, 3.63) is 42.6 Å². The van der Waals surface area contributed by atoms with Crippen molar-refractivity contribution in [1.82, 2.24) is 19.9 Å². The van der Waals surface area contributed by atoms with Gasteiger partial charge in [-0.25, -0.2) is 9.97 Å². The third kappa shape index (κ3) is 1.72. The maximum absolute atomic E-state index is 4.66. The molecular formula is C12H14N4. The van der Waals surface area contributed by atoms with Crippen molar-refractivity contribution in [2.75, 3.05) is 6.54 Å². The number of aromatic nitrogens is 3. The molecule has 1 fully saturated rings. The van der Waals surface area contributed by atoms with Gasteiger partial charge in [-0.05, 0) is 31.5 Å². The van der Waals surface area contributed by atoms with E-state index in [1.165, 1.54) is 12.8 Å². The number of hydrogen-bond acceptors (Lipinski definition) is 3. The average molecular weight is 214 g/mol. The lowest BCUT2D eigenvalue weighted by atomic mass is 10.1. The van der Waals surface area contributed by atoms with Crippen LogP contribution >= 0.6 is 0 Å². The van der Waals surface area contributed by atoms with Crippen molar-refractivity contribution in [3.63, 3.8) is 0 Å². The van der Waals surface area contributed by atoms with Gasteiger partial charge in [0.1, 0.15) is 12.1 Å². The molecule has 0 aromatic carbocycles. The van der Waals surface area contributed by atoms with E-state index in [-0.39, 0.29) is 0 Å². The standard InChI is InChI=1S/C12H14N4/c1-3-11(10-4-2-6-14-10)15-12(5-1)16-8-7-13-9-16/h1,3,5,7-10,14H,2,4,6H2/t10-/m0/s1. The highest BCUT2D eigenvalue weighted by atomic mass is 15.1. The van der Waals surface area contributed by atoms with Gasteiger partial charge in [0.25, 0.3) is 0 Å². The molecule has 2 aromatic rings. The van der Waals surface area contributed by atoms with Crippen LogP contribution in [0.4, 0.5) is 0 Å². The van der Waals surface area contributed by atoms with E-state index in [1.807, 2.05) is 16.8 Å². The molecule has 4 heteroatoms. The Morgan fingerprint density at radius 1 is 1.38 bits per heavy atom. The summed E-state index contributed by atoms with van der Waals surface area (Å²) in [5.41, 5.74) is 1.13. The molecule has 1 saturated heterocycles. The first-order valence-electron chi connectivity index (χ1n) is 5.62. The van der Waals surface area contributed by atoms with Gasteiger partial charge < -0.3 is 5.32 Å². The largest absolute Gasteiger partial charge is 0.309 e. The van der Waals surface area contributed by atoms with E-state index in [4.69, 9.17) is 0 Å². The van der Waals surface area contributed by atoms with Crippen molar-refractivity contribution in [2.24, 2.45) is 0 Å². The fourth-order valence-corrected chi connectivity index (χ4v) is 2.11. The van der Waals surface area contributed by atoms with Crippen molar-refractivity contribution in [1.29, 1.82) is 0 Å². The maximum Gasteiger partial charge on any atom is 0.138 e. The molecule has 0 unspecified atom stereocenters. The predicted octanol–water partition coefficient (Wildman–Crippen LogP) is 1.69. The van der Waals surface area contributed by atoms with Gasteiger partial charge in [0.15, 0.2) is 0 Å². The Morgan fingerprint density at radius 3 is 3.12 bits per heavy atom. The van der Waals surface area contributed by atoms with Gasteiger partial charge in [-0.3, -0.25) is 4.57 Å². The van der Waals surface area contributed by atoms with Gasteiger partial charge in [0, 0.05) is 18.4 Å². The van der Waals surface area contributed by atoms with Gasteiger partial charge in [0.2, 0.25) is 0 Å². The molecule has 0 radical (unpaired) electrons. The van der Waals surface area contributed by atoms with Crippen LogP contribution in [0.15, 0.2) is 36.9 Å². The molecule has 4 nitrogen and oxygen atoms in total. The maximum atomic E-state index is 4.66. The van der Waals surface area contributed by atoms with Crippen LogP contribution in [-0.2, 0) is 0 Å². The molecule has 16 heavy (non-hydrogen) atoms. The third-order valence-corrected chi connectivity index (χ3v) is 2.94. The van der Waals surface area contributed by atoms with Crippen molar-refractivity contribution in [2.45, 2.75) is 18.9 Å². The van der Waals surface area contributed by atoms with Crippen LogP contribution < -0.4 is 5.32 Å². The molecule has 0 saturated carbocycles. The number of imidazole rings is 1. The molecular weight excluding hydrogens is 200 g/mol. The van der Waals surface area contributed by atoms with E-state index >= 15 is 0 Å². The van der Waals surface area contributed by atoms with Crippen molar-refractivity contribution >= 4 is 0 Å². The van der Waals surface area contributed by atoms with Gasteiger partial charge in [-0.1, -0.05) is 6.07 Å². The van der Waals surface area contributed by atoms with E-state index in [2.05, 4.69) is 27.4 Å². The molecule has 0 bridgehead atoms. The molecule has 3 heterocycles. The highest BCUT2D eigenvalue weighted by Crippen LogP contribution is 2.21. The van der Waals surface area contributed by atoms with Crippen LogP contribution in [0.25, 0.3) is 5.82 Å². The normalized spacial score (nSPS) is 20.1. The lowest BCUT2D eigenvalue weighted by molar-refractivity contribution is 0.626. The summed E-state index contributed by atoms with van der Waals surface area (Å²) in [6, 6.07) is 6.56. The Bertz CT molecular complexity index is 458. The fraction of sp³-hybridized carbons (Fsp3) is 0.333. The molecule has 1 aliphatic heterocycles. The Kier molecular flexibility index (Phi) is 2.42. The minimum atomic E-state index is 0.420. The van der Waals surface area contributed by atoms with Crippen LogP contribution in [0, 0.1) is 0 Å². The Morgan fingerprint density at radius 2 is 2.38 bits per heavy atom. The summed E-state index contributed by atoms with van der Waals surface area (Å²) >= 11 is 0. The van der Waals surface area contributed by atoms with Crippen LogP contribution in [0.2, 0.25) is 0 Å². The van der Waals surface area contributed by atoms with Crippen LogP contribution in [0.3, 0.4) is 0 Å². The summed E-state index contributed by atoms with van der Waals surface area (Å²) in [5, 5.41) is 3.46. The second kappa shape index (κ2) is 4.06. The summed E-state index contributed by atoms with van der Waals surface area (Å²) in [7, 11) is 0. The summed E-state index contributed by atoms with van der Waals surface area (Å²) in [6.45, 7) is 1.10.